The number of anilines is 1. The second-order valence-electron chi connectivity index (χ2n) is 8.45. The van der Waals surface area contributed by atoms with Crippen LogP contribution in [0.3, 0.4) is 0 Å². The molecule has 0 radical (unpaired) electrons. The van der Waals surface area contributed by atoms with Gasteiger partial charge in [0.2, 0.25) is 5.91 Å². The molecule has 0 aliphatic rings. The quantitative estimate of drug-likeness (QED) is 0.159. The monoisotopic (exact) mass is 507 g/mol. The molecule has 4 rings (SSSR count). The van der Waals surface area contributed by atoms with E-state index in [0.717, 1.165) is 52.5 Å². The SMILES string of the molecule is NC(=O)c1ccc2c(c1)nc(NCCOCCCCNCc1cccc(CO)c1Cl)c1ccncc12. The van der Waals surface area contributed by atoms with Crippen LogP contribution in [0.4, 0.5) is 5.82 Å². The Morgan fingerprint density at radius 3 is 2.72 bits per heavy atom. The van der Waals surface area contributed by atoms with Crippen LogP contribution in [0.25, 0.3) is 21.7 Å². The molecule has 0 aliphatic carbocycles. The first-order chi connectivity index (χ1) is 17.6. The number of aromatic nitrogens is 2. The van der Waals surface area contributed by atoms with Gasteiger partial charge in [0.15, 0.2) is 0 Å². The highest BCUT2D eigenvalue weighted by atomic mass is 35.5. The smallest absolute Gasteiger partial charge is 0.248 e. The highest BCUT2D eigenvalue weighted by Gasteiger charge is 2.10. The molecule has 0 saturated heterocycles. The fourth-order valence-electron chi connectivity index (χ4n) is 4.05. The van der Waals surface area contributed by atoms with Gasteiger partial charge in [-0.15, -0.1) is 0 Å². The van der Waals surface area contributed by atoms with Crippen LogP contribution in [0, 0.1) is 0 Å². The Kier molecular flexibility index (Phi) is 9.02. The van der Waals surface area contributed by atoms with Crippen molar-refractivity contribution < 1.29 is 14.6 Å². The molecule has 2 aromatic carbocycles. The Hall–Kier alpha value is -3.30. The molecule has 0 aliphatic heterocycles. The van der Waals surface area contributed by atoms with Gasteiger partial charge >= 0.3 is 0 Å². The molecule has 4 aromatic rings. The molecular formula is C27H30ClN5O3. The number of aliphatic hydroxyl groups excluding tert-OH is 1. The largest absolute Gasteiger partial charge is 0.392 e. The van der Waals surface area contributed by atoms with Crippen molar-refractivity contribution in [3.63, 3.8) is 0 Å². The van der Waals surface area contributed by atoms with Crippen LogP contribution < -0.4 is 16.4 Å². The highest BCUT2D eigenvalue weighted by Crippen LogP contribution is 2.29. The maximum absolute atomic E-state index is 11.6. The first kappa shape index (κ1) is 25.8. The van der Waals surface area contributed by atoms with E-state index < -0.39 is 5.91 Å². The number of hydrogen-bond acceptors (Lipinski definition) is 7. The summed E-state index contributed by atoms with van der Waals surface area (Å²) in [5.74, 6) is 0.237. The van der Waals surface area contributed by atoms with Gasteiger partial charge in [0.1, 0.15) is 5.82 Å². The Labute approximate surface area is 214 Å². The molecule has 0 unspecified atom stereocenters. The summed E-state index contributed by atoms with van der Waals surface area (Å²) in [6, 6.07) is 12.9. The summed E-state index contributed by atoms with van der Waals surface area (Å²) >= 11 is 6.29. The van der Waals surface area contributed by atoms with E-state index in [1.165, 1.54) is 0 Å². The predicted octanol–water partition coefficient (Wildman–Crippen LogP) is 4.03. The third kappa shape index (κ3) is 6.27. The van der Waals surface area contributed by atoms with Gasteiger partial charge in [0.05, 0.1) is 23.8 Å². The van der Waals surface area contributed by atoms with Gasteiger partial charge in [-0.3, -0.25) is 9.78 Å². The van der Waals surface area contributed by atoms with Crippen LogP contribution in [0.2, 0.25) is 5.02 Å². The van der Waals surface area contributed by atoms with E-state index in [1.54, 1.807) is 24.5 Å². The third-order valence-electron chi connectivity index (χ3n) is 5.96. The van der Waals surface area contributed by atoms with E-state index >= 15 is 0 Å². The Balaban J connectivity index is 1.21. The number of carbonyl (C=O) groups excluding carboxylic acids is 1. The average molecular weight is 508 g/mol. The van der Waals surface area contributed by atoms with Crippen molar-refractivity contribution in [1.29, 1.82) is 0 Å². The molecule has 0 spiro atoms. The van der Waals surface area contributed by atoms with E-state index in [2.05, 4.69) is 15.6 Å². The molecule has 0 atom stereocenters. The molecule has 0 bridgehead atoms. The minimum Gasteiger partial charge on any atom is -0.392 e. The molecule has 0 saturated carbocycles. The number of ether oxygens (including phenoxy) is 1. The number of fused-ring (bicyclic) bond motifs is 3. The lowest BCUT2D eigenvalue weighted by Crippen LogP contribution is -2.16. The van der Waals surface area contributed by atoms with E-state index in [9.17, 15) is 9.90 Å². The zero-order valence-corrected chi connectivity index (χ0v) is 20.7. The van der Waals surface area contributed by atoms with Crippen LogP contribution in [0.1, 0.15) is 34.3 Å². The number of rotatable bonds is 13. The summed E-state index contributed by atoms with van der Waals surface area (Å²) in [7, 11) is 0. The predicted molar refractivity (Wildman–Crippen MR) is 143 cm³/mol. The lowest BCUT2D eigenvalue weighted by molar-refractivity contribution is 0.100. The van der Waals surface area contributed by atoms with Crippen LogP contribution >= 0.6 is 11.6 Å². The minimum absolute atomic E-state index is 0.0561. The molecule has 8 nitrogen and oxygen atoms in total. The maximum atomic E-state index is 11.6. The van der Waals surface area contributed by atoms with E-state index in [0.29, 0.717) is 42.4 Å². The summed E-state index contributed by atoms with van der Waals surface area (Å²) in [6.45, 7) is 3.28. The van der Waals surface area contributed by atoms with Crippen molar-refractivity contribution in [3.8, 4) is 0 Å². The highest BCUT2D eigenvalue weighted by molar-refractivity contribution is 6.32. The van der Waals surface area contributed by atoms with Crippen LogP contribution in [0.5, 0.6) is 0 Å². The number of nitrogens with one attached hydrogen (secondary N) is 2. The van der Waals surface area contributed by atoms with Crippen molar-refractivity contribution in [2.24, 2.45) is 5.73 Å². The van der Waals surface area contributed by atoms with Gasteiger partial charge in [-0.25, -0.2) is 4.98 Å². The topological polar surface area (TPSA) is 122 Å². The summed E-state index contributed by atoms with van der Waals surface area (Å²) in [6.07, 6.45) is 5.46. The molecule has 9 heteroatoms. The average Bonchev–Trinajstić information content (AvgIpc) is 2.90. The van der Waals surface area contributed by atoms with E-state index in [4.69, 9.17) is 27.1 Å². The summed E-state index contributed by atoms with van der Waals surface area (Å²) in [5.41, 5.74) is 8.28. The van der Waals surface area contributed by atoms with Crippen molar-refractivity contribution in [2.75, 3.05) is 31.6 Å². The lowest BCUT2D eigenvalue weighted by atomic mass is 10.1. The second kappa shape index (κ2) is 12.6. The van der Waals surface area contributed by atoms with Gasteiger partial charge in [-0.05, 0) is 48.7 Å². The molecule has 188 valence electrons. The Bertz CT molecular complexity index is 1350. The van der Waals surface area contributed by atoms with Gasteiger partial charge in [-0.1, -0.05) is 35.9 Å². The number of primary amides is 1. The van der Waals surface area contributed by atoms with E-state index in [-0.39, 0.29) is 6.61 Å². The van der Waals surface area contributed by atoms with Gasteiger partial charge in [0, 0.05) is 53.8 Å². The number of aliphatic hydroxyl groups is 1. The fourth-order valence-corrected chi connectivity index (χ4v) is 4.30. The van der Waals surface area contributed by atoms with Crippen LogP contribution in [-0.2, 0) is 17.9 Å². The molecule has 36 heavy (non-hydrogen) atoms. The van der Waals surface area contributed by atoms with Crippen LogP contribution in [-0.4, -0.2) is 47.3 Å². The summed E-state index contributed by atoms with van der Waals surface area (Å²) in [4.78, 5) is 20.6. The number of amides is 1. The number of nitrogens with two attached hydrogens (primary N) is 1. The standard InChI is InChI=1S/C27H30ClN5O3/c28-25-19(4-3-5-20(25)17-34)15-30-9-1-2-12-36-13-11-32-27-22-8-10-31-16-23(22)21-7-6-18(26(29)35)14-24(21)33-27/h3-8,10,14,16,30,34H,1-2,9,11-13,15,17H2,(H2,29,35)(H,32,33). The molecule has 2 aromatic heterocycles. The molecule has 1 amide bonds. The maximum Gasteiger partial charge on any atom is 0.248 e. The fraction of sp³-hybridized carbons (Fsp3) is 0.296. The number of unbranched alkanes of at least 4 members (excludes halogenated alkanes) is 1. The molecule has 5 N–H and O–H groups in total. The second-order valence-corrected chi connectivity index (χ2v) is 8.83. The number of hydrogen-bond donors (Lipinski definition) is 4. The number of halogens is 1. The molecule has 2 heterocycles. The molecule has 0 fully saturated rings. The summed E-state index contributed by atoms with van der Waals surface area (Å²) in [5, 5.41) is 19.5. The van der Waals surface area contributed by atoms with Crippen molar-refractivity contribution in [3.05, 3.63) is 76.6 Å². The van der Waals surface area contributed by atoms with Crippen molar-refractivity contribution in [2.45, 2.75) is 26.0 Å². The van der Waals surface area contributed by atoms with Crippen LogP contribution in [0.15, 0.2) is 54.9 Å². The van der Waals surface area contributed by atoms with Gasteiger partial charge in [0.25, 0.3) is 0 Å². The zero-order valence-electron chi connectivity index (χ0n) is 20.0. The van der Waals surface area contributed by atoms with Gasteiger partial charge < -0.3 is 26.2 Å². The number of nitrogens with zero attached hydrogens (tertiary/aromatic N) is 2. The normalized spacial score (nSPS) is 11.3. The minimum atomic E-state index is -0.484. The van der Waals surface area contributed by atoms with Gasteiger partial charge in [-0.2, -0.15) is 0 Å². The number of benzene rings is 2. The lowest BCUT2D eigenvalue weighted by Gasteiger charge is -2.12. The first-order valence-electron chi connectivity index (χ1n) is 11.9. The van der Waals surface area contributed by atoms with Crippen molar-refractivity contribution in [1.82, 2.24) is 15.3 Å². The number of pyridine rings is 2. The first-order valence-corrected chi connectivity index (χ1v) is 12.3. The molecular weight excluding hydrogens is 478 g/mol. The Morgan fingerprint density at radius 2 is 1.89 bits per heavy atom. The summed E-state index contributed by atoms with van der Waals surface area (Å²) < 4.78 is 5.78. The zero-order chi connectivity index (χ0) is 25.3. The van der Waals surface area contributed by atoms with E-state index in [1.807, 2.05) is 30.3 Å². The van der Waals surface area contributed by atoms with Crippen molar-refractivity contribution >= 4 is 45.0 Å². The number of carbonyl (C=O) groups is 1. The third-order valence-corrected chi connectivity index (χ3v) is 6.44. The Morgan fingerprint density at radius 1 is 1.03 bits per heavy atom.